The number of halogens is 2. The number of carboxylic acid groups (broad SMARTS) is 2. The smallest absolute Gasteiger partial charge is 0.325 e. The Hall–Kier alpha value is -0.360. The van der Waals surface area contributed by atoms with Gasteiger partial charge in [-0.1, -0.05) is 44.0 Å². The number of aliphatic carboxylic acids is 2. The van der Waals surface area contributed by atoms with Gasteiger partial charge in [0, 0.05) is 4.83 Å². The van der Waals surface area contributed by atoms with Gasteiger partial charge in [-0.15, -0.1) is 0 Å². The van der Waals surface area contributed by atoms with Crippen molar-refractivity contribution in [3.63, 3.8) is 0 Å². The van der Waals surface area contributed by atoms with E-state index < -0.39 is 22.2 Å². The zero-order chi connectivity index (χ0) is 10.9. The molecule has 1 aliphatic rings. The first-order chi connectivity index (χ1) is 6.39. The molecule has 0 aromatic rings. The zero-order valence-corrected chi connectivity index (χ0v) is 10.2. The summed E-state index contributed by atoms with van der Waals surface area (Å²) in [5.41, 5.74) is 0. The average Bonchev–Trinajstić information content (AvgIpc) is 2.02. The van der Waals surface area contributed by atoms with E-state index in [2.05, 4.69) is 31.9 Å². The van der Waals surface area contributed by atoms with Gasteiger partial charge in [-0.2, -0.15) is 0 Å². The van der Waals surface area contributed by atoms with Crippen molar-refractivity contribution in [2.75, 3.05) is 0 Å². The molecule has 0 aliphatic heterocycles. The lowest BCUT2D eigenvalue weighted by Gasteiger charge is -2.32. The number of hydrogen-bond acceptors (Lipinski definition) is 2. The summed E-state index contributed by atoms with van der Waals surface area (Å²) in [4.78, 5) is 21.5. The van der Waals surface area contributed by atoms with Gasteiger partial charge >= 0.3 is 11.9 Å². The summed E-state index contributed by atoms with van der Waals surface area (Å²) in [5.74, 6) is -3.33. The van der Waals surface area contributed by atoms with Crippen LogP contribution in [0, 0.1) is 5.92 Å². The SMILES string of the molecule is O=C(O)C1C(Br)CC=CC1(Br)C(=O)O. The maximum atomic E-state index is 11.0. The molecule has 78 valence electrons. The van der Waals surface area contributed by atoms with Crippen LogP contribution in [0.5, 0.6) is 0 Å². The third-order valence-corrected chi connectivity index (χ3v) is 4.13. The van der Waals surface area contributed by atoms with Gasteiger partial charge in [-0.3, -0.25) is 9.59 Å². The second kappa shape index (κ2) is 4.02. The molecule has 6 heteroatoms. The number of carbonyl (C=O) groups is 2. The monoisotopic (exact) mass is 326 g/mol. The molecule has 0 aromatic heterocycles. The molecule has 0 bridgehead atoms. The Morgan fingerprint density at radius 1 is 1.43 bits per heavy atom. The maximum Gasteiger partial charge on any atom is 0.325 e. The third-order valence-electron chi connectivity index (χ3n) is 2.13. The van der Waals surface area contributed by atoms with Crippen molar-refractivity contribution in [2.45, 2.75) is 15.6 Å². The van der Waals surface area contributed by atoms with E-state index in [4.69, 9.17) is 10.2 Å². The Balaban J connectivity index is 3.13. The molecule has 0 spiro atoms. The van der Waals surface area contributed by atoms with E-state index in [-0.39, 0.29) is 4.83 Å². The second-order valence-electron chi connectivity index (χ2n) is 3.04. The summed E-state index contributed by atoms with van der Waals surface area (Å²) in [5, 5.41) is 17.9. The average molecular weight is 328 g/mol. The third kappa shape index (κ3) is 1.86. The highest BCUT2D eigenvalue weighted by molar-refractivity contribution is 9.10. The minimum Gasteiger partial charge on any atom is -0.481 e. The van der Waals surface area contributed by atoms with Crippen LogP contribution < -0.4 is 0 Å². The molecule has 0 fully saturated rings. The Kier molecular flexibility index (Phi) is 3.36. The van der Waals surface area contributed by atoms with Crippen molar-refractivity contribution in [3.05, 3.63) is 12.2 Å². The normalized spacial score (nSPS) is 36.7. The fraction of sp³-hybridized carbons (Fsp3) is 0.500. The zero-order valence-electron chi connectivity index (χ0n) is 6.98. The number of alkyl halides is 2. The number of hydrogen-bond donors (Lipinski definition) is 2. The lowest BCUT2D eigenvalue weighted by atomic mass is 9.83. The second-order valence-corrected chi connectivity index (χ2v) is 5.53. The highest BCUT2D eigenvalue weighted by Gasteiger charge is 2.50. The Morgan fingerprint density at radius 2 is 2.00 bits per heavy atom. The van der Waals surface area contributed by atoms with Crippen LogP contribution in [0.25, 0.3) is 0 Å². The molecule has 14 heavy (non-hydrogen) atoms. The van der Waals surface area contributed by atoms with Crippen molar-refractivity contribution in [1.29, 1.82) is 0 Å². The van der Waals surface area contributed by atoms with Gasteiger partial charge in [-0.05, 0) is 6.42 Å². The molecular formula is C8H8Br2O4. The van der Waals surface area contributed by atoms with Gasteiger partial charge in [0.25, 0.3) is 0 Å². The van der Waals surface area contributed by atoms with Crippen molar-refractivity contribution in [3.8, 4) is 0 Å². The van der Waals surface area contributed by atoms with Crippen molar-refractivity contribution >= 4 is 43.8 Å². The first-order valence-corrected chi connectivity index (χ1v) is 5.57. The van der Waals surface area contributed by atoms with Crippen molar-refractivity contribution in [2.24, 2.45) is 5.92 Å². The van der Waals surface area contributed by atoms with Crippen LogP contribution in [-0.4, -0.2) is 31.3 Å². The standard InChI is InChI=1S/C8H8Br2O4/c9-4-2-1-3-8(10,7(13)14)5(4)6(11)12/h1,3-5H,2H2,(H,11,12)(H,13,14). The molecule has 0 saturated heterocycles. The molecule has 0 aromatic carbocycles. The molecule has 0 saturated carbocycles. The molecule has 3 unspecified atom stereocenters. The summed E-state index contributed by atoms with van der Waals surface area (Å²) >= 11 is 6.14. The molecular weight excluding hydrogens is 320 g/mol. The van der Waals surface area contributed by atoms with Crippen LogP contribution >= 0.6 is 31.9 Å². The highest BCUT2D eigenvalue weighted by atomic mass is 79.9. The van der Waals surface area contributed by atoms with Crippen LogP contribution in [0.4, 0.5) is 0 Å². The predicted molar refractivity (Wildman–Crippen MR) is 56.9 cm³/mol. The maximum absolute atomic E-state index is 11.0. The van der Waals surface area contributed by atoms with Crippen molar-refractivity contribution in [1.82, 2.24) is 0 Å². The van der Waals surface area contributed by atoms with E-state index in [0.717, 1.165) is 0 Å². The fourth-order valence-corrected chi connectivity index (χ4v) is 3.33. The van der Waals surface area contributed by atoms with Gasteiger partial charge in [-0.25, -0.2) is 0 Å². The fourth-order valence-electron chi connectivity index (χ4n) is 1.41. The first-order valence-electron chi connectivity index (χ1n) is 3.86. The van der Waals surface area contributed by atoms with E-state index in [0.29, 0.717) is 6.42 Å². The first kappa shape index (κ1) is 11.7. The number of carboxylic acids is 2. The summed E-state index contributed by atoms with van der Waals surface area (Å²) in [6.45, 7) is 0. The Bertz CT molecular complexity index is 302. The van der Waals surface area contributed by atoms with E-state index >= 15 is 0 Å². The van der Waals surface area contributed by atoms with Crippen LogP contribution in [0.3, 0.4) is 0 Å². The number of rotatable bonds is 2. The van der Waals surface area contributed by atoms with Gasteiger partial charge in [0.15, 0.2) is 4.32 Å². The minimum absolute atomic E-state index is 0.375. The Morgan fingerprint density at radius 3 is 2.36 bits per heavy atom. The summed E-state index contributed by atoms with van der Waals surface area (Å²) in [6, 6.07) is 0. The van der Waals surface area contributed by atoms with Gasteiger partial charge in [0.2, 0.25) is 0 Å². The predicted octanol–water partition coefficient (Wildman–Crippen LogP) is 1.63. The van der Waals surface area contributed by atoms with Gasteiger partial charge in [0.1, 0.15) is 0 Å². The van der Waals surface area contributed by atoms with E-state index in [1.165, 1.54) is 6.08 Å². The summed E-state index contributed by atoms with van der Waals surface area (Å²) < 4.78 is -1.51. The van der Waals surface area contributed by atoms with E-state index in [9.17, 15) is 9.59 Å². The molecule has 0 heterocycles. The molecule has 2 N–H and O–H groups in total. The van der Waals surface area contributed by atoms with Crippen LogP contribution in [0.15, 0.2) is 12.2 Å². The molecule has 1 aliphatic carbocycles. The van der Waals surface area contributed by atoms with Crippen LogP contribution in [0.1, 0.15) is 6.42 Å². The van der Waals surface area contributed by atoms with E-state index in [1.54, 1.807) is 6.08 Å². The molecule has 1 rings (SSSR count). The Labute approximate surface area is 97.2 Å². The van der Waals surface area contributed by atoms with Crippen LogP contribution in [0.2, 0.25) is 0 Å². The summed E-state index contributed by atoms with van der Waals surface area (Å²) in [6.07, 6.45) is 3.55. The lowest BCUT2D eigenvalue weighted by Crippen LogP contribution is -2.48. The summed E-state index contributed by atoms with van der Waals surface area (Å²) in [7, 11) is 0. The topological polar surface area (TPSA) is 74.6 Å². The highest BCUT2D eigenvalue weighted by Crippen LogP contribution is 2.40. The van der Waals surface area contributed by atoms with Gasteiger partial charge < -0.3 is 10.2 Å². The quantitative estimate of drug-likeness (QED) is 0.597. The van der Waals surface area contributed by atoms with Crippen LogP contribution in [-0.2, 0) is 9.59 Å². The molecule has 0 amide bonds. The largest absolute Gasteiger partial charge is 0.481 e. The van der Waals surface area contributed by atoms with E-state index in [1.807, 2.05) is 0 Å². The molecule has 3 atom stereocenters. The molecule has 0 radical (unpaired) electrons. The van der Waals surface area contributed by atoms with Gasteiger partial charge in [0.05, 0.1) is 5.92 Å². The van der Waals surface area contributed by atoms with Crippen molar-refractivity contribution < 1.29 is 19.8 Å². The molecule has 4 nitrogen and oxygen atoms in total. The lowest BCUT2D eigenvalue weighted by molar-refractivity contribution is -0.149. The minimum atomic E-state index is -1.51. The number of allylic oxidation sites excluding steroid dienone is 1.